The lowest BCUT2D eigenvalue weighted by Crippen LogP contribution is -2.46. The largest absolute Gasteiger partial charge is 0.382 e. The normalized spacial score (nSPS) is 27.0. The number of fused-ring (bicyclic) bond motifs is 1. The first-order valence-corrected chi connectivity index (χ1v) is 7.77. The Bertz CT molecular complexity index is 483. The van der Waals surface area contributed by atoms with E-state index in [1.165, 1.54) is 50.6 Å². The molecule has 4 heteroatoms. The zero-order valence-electron chi connectivity index (χ0n) is 12.0. The van der Waals surface area contributed by atoms with Crippen LogP contribution in [0.4, 0.5) is 0 Å². The van der Waals surface area contributed by atoms with Crippen molar-refractivity contribution in [2.24, 2.45) is 11.7 Å². The van der Waals surface area contributed by atoms with Crippen LogP contribution in [-0.2, 0) is 6.54 Å². The molecule has 0 aromatic carbocycles. The van der Waals surface area contributed by atoms with Gasteiger partial charge in [-0.25, -0.2) is 0 Å². The van der Waals surface area contributed by atoms with E-state index in [-0.39, 0.29) is 5.84 Å². The van der Waals surface area contributed by atoms with Crippen LogP contribution in [0.2, 0.25) is 0 Å². The molecule has 0 bridgehead atoms. The van der Waals surface area contributed by atoms with Crippen molar-refractivity contribution in [3.63, 3.8) is 0 Å². The number of hydrogen-bond donors (Lipinski definition) is 2. The van der Waals surface area contributed by atoms with Gasteiger partial charge in [-0.15, -0.1) is 0 Å². The molecule has 1 saturated heterocycles. The van der Waals surface area contributed by atoms with E-state index < -0.39 is 0 Å². The van der Waals surface area contributed by atoms with Gasteiger partial charge in [0.1, 0.15) is 11.5 Å². The number of nitrogens with one attached hydrogen (secondary N) is 1. The van der Waals surface area contributed by atoms with Gasteiger partial charge in [0.2, 0.25) is 0 Å². The summed E-state index contributed by atoms with van der Waals surface area (Å²) >= 11 is 0. The Morgan fingerprint density at radius 1 is 1.30 bits per heavy atom. The van der Waals surface area contributed by atoms with Gasteiger partial charge in [0.05, 0.1) is 0 Å². The molecule has 1 saturated carbocycles. The lowest BCUT2D eigenvalue weighted by molar-refractivity contribution is 0.0547. The molecule has 3 rings (SSSR count). The number of hydrogen-bond acceptors (Lipinski definition) is 3. The maximum absolute atomic E-state index is 7.50. The van der Waals surface area contributed by atoms with Crippen LogP contribution in [0.5, 0.6) is 0 Å². The van der Waals surface area contributed by atoms with E-state index in [1.807, 2.05) is 6.07 Å². The van der Waals surface area contributed by atoms with Crippen molar-refractivity contribution >= 4 is 5.84 Å². The standard InChI is InChI=1S/C16H24N4/c17-16(18)14-10-12(7-8-19-14)11-20-9-3-5-13-4-1-2-6-15(13)20/h7-8,10,13,15H,1-6,9,11H2,(H3,17,18). The molecule has 1 aromatic rings. The molecule has 2 heterocycles. The average Bonchev–Trinajstić information content (AvgIpc) is 2.48. The number of pyridine rings is 1. The van der Waals surface area contributed by atoms with E-state index in [9.17, 15) is 0 Å². The Morgan fingerprint density at radius 3 is 2.95 bits per heavy atom. The first-order chi connectivity index (χ1) is 9.74. The minimum atomic E-state index is 0.0565. The number of piperidine rings is 1. The fourth-order valence-electron chi connectivity index (χ4n) is 3.88. The summed E-state index contributed by atoms with van der Waals surface area (Å²) in [6, 6.07) is 4.79. The number of nitrogens with zero attached hydrogens (tertiary/aromatic N) is 2. The molecule has 20 heavy (non-hydrogen) atoms. The highest BCUT2D eigenvalue weighted by Gasteiger charge is 2.32. The molecule has 2 unspecified atom stereocenters. The zero-order chi connectivity index (χ0) is 13.9. The van der Waals surface area contributed by atoms with Gasteiger partial charge in [-0.3, -0.25) is 15.3 Å². The van der Waals surface area contributed by atoms with E-state index in [0.717, 1.165) is 18.5 Å². The topological polar surface area (TPSA) is 66.0 Å². The highest BCUT2D eigenvalue weighted by atomic mass is 15.2. The maximum atomic E-state index is 7.50. The first-order valence-electron chi connectivity index (χ1n) is 7.77. The second-order valence-electron chi connectivity index (χ2n) is 6.19. The molecular formula is C16H24N4. The van der Waals surface area contributed by atoms with Crippen molar-refractivity contribution in [3.05, 3.63) is 29.6 Å². The van der Waals surface area contributed by atoms with Crippen molar-refractivity contribution in [2.45, 2.75) is 51.1 Å². The van der Waals surface area contributed by atoms with Crippen molar-refractivity contribution in [3.8, 4) is 0 Å². The van der Waals surface area contributed by atoms with Crippen LogP contribution in [0.3, 0.4) is 0 Å². The first kappa shape index (κ1) is 13.6. The van der Waals surface area contributed by atoms with Gasteiger partial charge < -0.3 is 5.73 Å². The fraction of sp³-hybridized carbons (Fsp3) is 0.625. The lowest BCUT2D eigenvalue weighted by atomic mass is 9.78. The van der Waals surface area contributed by atoms with Crippen molar-refractivity contribution in [1.82, 2.24) is 9.88 Å². The van der Waals surface area contributed by atoms with E-state index in [1.54, 1.807) is 6.20 Å². The number of nitrogen functional groups attached to an aromatic ring is 1. The summed E-state index contributed by atoms with van der Waals surface area (Å²) in [6.07, 6.45) is 10.1. The third-order valence-corrected chi connectivity index (χ3v) is 4.84. The molecule has 0 radical (unpaired) electrons. The highest BCUT2D eigenvalue weighted by Crippen LogP contribution is 2.35. The minimum absolute atomic E-state index is 0.0565. The third kappa shape index (κ3) is 2.85. The number of rotatable bonds is 3. The van der Waals surface area contributed by atoms with E-state index >= 15 is 0 Å². The van der Waals surface area contributed by atoms with E-state index in [2.05, 4.69) is 16.0 Å². The van der Waals surface area contributed by atoms with Crippen LogP contribution in [0, 0.1) is 11.3 Å². The molecule has 3 N–H and O–H groups in total. The van der Waals surface area contributed by atoms with Gasteiger partial charge in [-0.2, -0.15) is 0 Å². The predicted octanol–water partition coefficient (Wildman–Crippen LogP) is 2.52. The molecule has 1 aromatic heterocycles. The molecule has 2 fully saturated rings. The van der Waals surface area contributed by atoms with Gasteiger partial charge >= 0.3 is 0 Å². The zero-order valence-corrected chi connectivity index (χ0v) is 12.0. The fourth-order valence-corrected chi connectivity index (χ4v) is 3.88. The van der Waals surface area contributed by atoms with Crippen LogP contribution < -0.4 is 5.73 Å². The molecular weight excluding hydrogens is 248 g/mol. The summed E-state index contributed by atoms with van der Waals surface area (Å²) in [5.41, 5.74) is 7.36. The number of likely N-dealkylation sites (tertiary alicyclic amines) is 1. The summed E-state index contributed by atoms with van der Waals surface area (Å²) in [5, 5.41) is 7.50. The summed E-state index contributed by atoms with van der Waals surface area (Å²) in [7, 11) is 0. The van der Waals surface area contributed by atoms with Crippen LogP contribution in [0.15, 0.2) is 18.3 Å². The van der Waals surface area contributed by atoms with Crippen molar-refractivity contribution < 1.29 is 0 Å². The molecule has 0 amide bonds. The lowest BCUT2D eigenvalue weighted by Gasteiger charge is -2.44. The van der Waals surface area contributed by atoms with Gasteiger partial charge in [-0.05, 0) is 55.8 Å². The van der Waals surface area contributed by atoms with Gasteiger partial charge in [0, 0.05) is 18.8 Å². The Hall–Kier alpha value is -1.42. The molecule has 4 nitrogen and oxygen atoms in total. The van der Waals surface area contributed by atoms with E-state index in [0.29, 0.717) is 5.69 Å². The van der Waals surface area contributed by atoms with Crippen LogP contribution >= 0.6 is 0 Å². The second-order valence-corrected chi connectivity index (χ2v) is 6.19. The van der Waals surface area contributed by atoms with Gasteiger partial charge in [0.15, 0.2) is 0 Å². The number of nitrogens with two attached hydrogens (primary N) is 1. The Morgan fingerprint density at radius 2 is 2.10 bits per heavy atom. The quantitative estimate of drug-likeness (QED) is 0.656. The smallest absolute Gasteiger partial charge is 0.141 e. The van der Waals surface area contributed by atoms with Gasteiger partial charge in [0.25, 0.3) is 0 Å². The van der Waals surface area contributed by atoms with Crippen molar-refractivity contribution in [1.29, 1.82) is 5.41 Å². The van der Waals surface area contributed by atoms with Crippen molar-refractivity contribution in [2.75, 3.05) is 6.54 Å². The van der Waals surface area contributed by atoms with Crippen LogP contribution in [0.1, 0.15) is 49.8 Å². The number of aromatic nitrogens is 1. The highest BCUT2D eigenvalue weighted by molar-refractivity contribution is 5.93. The van der Waals surface area contributed by atoms with Gasteiger partial charge in [-0.1, -0.05) is 12.8 Å². The number of amidine groups is 1. The second kappa shape index (κ2) is 5.92. The third-order valence-electron chi connectivity index (χ3n) is 4.84. The molecule has 2 atom stereocenters. The average molecular weight is 272 g/mol. The Kier molecular flexibility index (Phi) is 4.01. The molecule has 1 aliphatic carbocycles. The SMILES string of the molecule is N=C(N)c1cc(CN2CCCC3CCCCC32)ccn1. The molecule has 0 spiro atoms. The Labute approximate surface area is 120 Å². The molecule has 1 aliphatic heterocycles. The maximum Gasteiger partial charge on any atom is 0.141 e. The van der Waals surface area contributed by atoms with E-state index in [4.69, 9.17) is 11.1 Å². The monoisotopic (exact) mass is 272 g/mol. The summed E-state index contributed by atoms with van der Waals surface area (Å²) in [5.74, 6) is 0.965. The summed E-state index contributed by atoms with van der Waals surface area (Å²) < 4.78 is 0. The minimum Gasteiger partial charge on any atom is -0.382 e. The molecule has 2 aliphatic rings. The predicted molar refractivity (Wildman–Crippen MR) is 80.6 cm³/mol. The Balaban J connectivity index is 1.72. The van der Waals surface area contributed by atoms with Crippen LogP contribution in [-0.4, -0.2) is 28.3 Å². The van der Waals surface area contributed by atoms with Crippen LogP contribution in [0.25, 0.3) is 0 Å². The summed E-state index contributed by atoms with van der Waals surface area (Å²) in [4.78, 5) is 6.79. The molecule has 108 valence electrons. The summed E-state index contributed by atoms with van der Waals surface area (Å²) in [6.45, 7) is 2.18.